The molecule has 2 heterocycles. The van der Waals surface area contributed by atoms with Gasteiger partial charge in [0.2, 0.25) is 5.91 Å². The van der Waals surface area contributed by atoms with Gasteiger partial charge in [0.1, 0.15) is 5.01 Å². The monoisotopic (exact) mass is 479 g/mol. The lowest BCUT2D eigenvalue weighted by molar-refractivity contribution is -0.120. The van der Waals surface area contributed by atoms with Crippen molar-refractivity contribution in [3.63, 3.8) is 0 Å². The van der Waals surface area contributed by atoms with Crippen molar-refractivity contribution in [1.29, 1.82) is 0 Å². The van der Waals surface area contributed by atoms with E-state index in [4.69, 9.17) is 9.47 Å². The van der Waals surface area contributed by atoms with Gasteiger partial charge in [0.25, 0.3) is 0 Å². The normalized spacial score (nSPS) is 15.6. The first-order valence-electron chi connectivity index (χ1n) is 11.8. The number of benzene rings is 2. The van der Waals surface area contributed by atoms with Crippen molar-refractivity contribution >= 4 is 17.2 Å². The molecule has 2 aromatic carbocycles. The number of carbonyl (C=O) groups excluding carboxylic acids is 1. The van der Waals surface area contributed by atoms with Gasteiger partial charge in [0.15, 0.2) is 11.5 Å². The van der Waals surface area contributed by atoms with Crippen LogP contribution in [-0.2, 0) is 11.2 Å². The average molecular weight is 480 g/mol. The van der Waals surface area contributed by atoms with Crippen molar-refractivity contribution in [3.05, 3.63) is 65.2 Å². The molecule has 1 atom stereocenters. The summed E-state index contributed by atoms with van der Waals surface area (Å²) in [5.41, 5.74) is 2.97. The Hall–Kier alpha value is -2.90. The Labute approximate surface area is 205 Å². The molecule has 1 saturated heterocycles. The predicted octanol–water partition coefficient (Wildman–Crippen LogP) is 4.96. The van der Waals surface area contributed by atoms with Gasteiger partial charge in [-0.3, -0.25) is 9.69 Å². The Kier molecular flexibility index (Phi) is 8.19. The topological polar surface area (TPSA) is 63.7 Å². The van der Waals surface area contributed by atoms with E-state index in [0.29, 0.717) is 18.0 Å². The largest absolute Gasteiger partial charge is 0.493 e. The molecule has 3 aromatic rings. The average Bonchev–Trinajstić information content (AvgIpc) is 3.33. The van der Waals surface area contributed by atoms with E-state index in [2.05, 4.69) is 46.4 Å². The molecule has 6 nitrogen and oxygen atoms in total. The highest BCUT2D eigenvalue weighted by molar-refractivity contribution is 7.13. The molecular formula is C27H33N3O3S. The van der Waals surface area contributed by atoms with Crippen LogP contribution in [0.2, 0.25) is 0 Å². The van der Waals surface area contributed by atoms with Crippen molar-refractivity contribution in [1.82, 2.24) is 15.2 Å². The van der Waals surface area contributed by atoms with Crippen LogP contribution in [0.1, 0.15) is 37.1 Å². The molecule has 1 amide bonds. The fourth-order valence-electron chi connectivity index (χ4n) is 4.40. The van der Waals surface area contributed by atoms with E-state index in [1.165, 1.54) is 29.7 Å². The number of ether oxygens (including phenoxy) is 2. The molecule has 0 radical (unpaired) electrons. The smallest absolute Gasteiger partial charge is 0.226 e. The van der Waals surface area contributed by atoms with E-state index in [9.17, 15) is 4.79 Å². The number of nitrogens with one attached hydrogen (secondary N) is 1. The minimum atomic E-state index is -0.00419. The molecule has 180 valence electrons. The summed E-state index contributed by atoms with van der Waals surface area (Å²) in [6.45, 7) is 5.05. The number of piperidine rings is 1. The predicted molar refractivity (Wildman–Crippen MR) is 137 cm³/mol. The van der Waals surface area contributed by atoms with Crippen molar-refractivity contribution in [3.8, 4) is 22.1 Å². The van der Waals surface area contributed by atoms with Crippen molar-refractivity contribution in [2.24, 2.45) is 5.92 Å². The van der Waals surface area contributed by atoms with E-state index in [1.54, 1.807) is 14.2 Å². The standard InChI is InChI=1S/C27H33N3O3S/c1-19-11-13-30(14-12-19)23(20-7-5-4-6-8-20)17-28-26(31)16-22-18-34-27(29-22)21-9-10-24(32-2)25(15-21)33-3/h4-10,15,18-19,23H,11-14,16-17H2,1-3H3,(H,28,31). The van der Waals surface area contributed by atoms with E-state index in [1.807, 2.05) is 29.6 Å². The first-order chi connectivity index (χ1) is 16.6. The van der Waals surface area contributed by atoms with Crippen LogP contribution < -0.4 is 14.8 Å². The molecule has 0 aliphatic carbocycles. The molecule has 1 fully saturated rings. The van der Waals surface area contributed by atoms with E-state index in [-0.39, 0.29) is 18.4 Å². The summed E-state index contributed by atoms with van der Waals surface area (Å²) in [4.78, 5) is 20.0. The molecule has 1 aliphatic rings. The van der Waals surface area contributed by atoms with Gasteiger partial charge in [0.05, 0.1) is 32.4 Å². The van der Waals surface area contributed by atoms with Gasteiger partial charge in [0, 0.05) is 17.5 Å². The second-order valence-electron chi connectivity index (χ2n) is 8.84. The van der Waals surface area contributed by atoms with Gasteiger partial charge in [-0.2, -0.15) is 0 Å². The van der Waals surface area contributed by atoms with Crippen LogP contribution in [0.25, 0.3) is 10.6 Å². The highest BCUT2D eigenvalue weighted by Crippen LogP contribution is 2.33. The summed E-state index contributed by atoms with van der Waals surface area (Å²) >= 11 is 1.53. The van der Waals surface area contributed by atoms with Crippen LogP contribution in [0.3, 0.4) is 0 Å². The molecule has 0 saturated carbocycles. The number of likely N-dealkylation sites (tertiary alicyclic amines) is 1. The number of hydrogen-bond acceptors (Lipinski definition) is 6. The van der Waals surface area contributed by atoms with Crippen molar-refractivity contribution in [2.45, 2.75) is 32.2 Å². The fraction of sp³-hybridized carbons (Fsp3) is 0.407. The molecule has 1 unspecified atom stereocenters. The van der Waals surface area contributed by atoms with E-state index < -0.39 is 0 Å². The lowest BCUT2D eigenvalue weighted by Gasteiger charge is -2.37. The Morgan fingerprint density at radius 2 is 1.85 bits per heavy atom. The van der Waals surface area contributed by atoms with Crippen molar-refractivity contribution in [2.75, 3.05) is 33.9 Å². The number of rotatable bonds is 9. The van der Waals surface area contributed by atoms with Crippen LogP contribution in [-0.4, -0.2) is 49.6 Å². The van der Waals surface area contributed by atoms with Gasteiger partial charge < -0.3 is 14.8 Å². The third kappa shape index (κ3) is 5.96. The lowest BCUT2D eigenvalue weighted by Crippen LogP contribution is -2.42. The number of methoxy groups -OCH3 is 2. The SMILES string of the molecule is COc1ccc(-c2nc(CC(=O)NCC(c3ccccc3)N3CCC(C)CC3)cs2)cc1OC. The van der Waals surface area contributed by atoms with Gasteiger partial charge in [-0.05, 0) is 55.6 Å². The number of carbonyl (C=O) groups is 1. The van der Waals surface area contributed by atoms with Crippen LogP contribution in [0.5, 0.6) is 11.5 Å². The Balaban J connectivity index is 1.39. The maximum atomic E-state index is 12.8. The zero-order valence-electron chi connectivity index (χ0n) is 20.1. The number of aromatic nitrogens is 1. The number of amides is 1. The first kappa shape index (κ1) is 24.2. The second-order valence-corrected chi connectivity index (χ2v) is 9.70. The molecule has 0 spiro atoms. The fourth-order valence-corrected chi connectivity index (χ4v) is 5.22. The van der Waals surface area contributed by atoms with Gasteiger partial charge in [-0.1, -0.05) is 37.3 Å². The summed E-state index contributed by atoms with van der Waals surface area (Å²) in [6.07, 6.45) is 2.67. The highest BCUT2D eigenvalue weighted by Gasteiger charge is 2.25. The quantitative estimate of drug-likeness (QED) is 0.470. The minimum Gasteiger partial charge on any atom is -0.493 e. The molecular weight excluding hydrogens is 446 g/mol. The van der Waals surface area contributed by atoms with Gasteiger partial charge in [-0.15, -0.1) is 11.3 Å². The second kappa shape index (κ2) is 11.5. The van der Waals surface area contributed by atoms with Gasteiger partial charge >= 0.3 is 0 Å². The summed E-state index contributed by atoms with van der Waals surface area (Å²) in [7, 11) is 3.23. The molecule has 1 aromatic heterocycles. The molecule has 4 rings (SSSR count). The van der Waals surface area contributed by atoms with Gasteiger partial charge in [-0.25, -0.2) is 4.98 Å². The highest BCUT2D eigenvalue weighted by atomic mass is 32.1. The van der Waals surface area contributed by atoms with Crippen LogP contribution in [0.15, 0.2) is 53.9 Å². The number of hydrogen-bond donors (Lipinski definition) is 1. The summed E-state index contributed by atoms with van der Waals surface area (Å²) in [5, 5.41) is 5.97. The molecule has 1 aliphatic heterocycles. The maximum Gasteiger partial charge on any atom is 0.226 e. The third-order valence-corrected chi connectivity index (χ3v) is 7.40. The first-order valence-corrected chi connectivity index (χ1v) is 12.7. The summed E-state index contributed by atoms with van der Waals surface area (Å²) < 4.78 is 10.7. The minimum absolute atomic E-state index is 0.00419. The third-order valence-electron chi connectivity index (χ3n) is 6.46. The van der Waals surface area contributed by atoms with Crippen LogP contribution in [0.4, 0.5) is 0 Å². The zero-order valence-corrected chi connectivity index (χ0v) is 20.9. The summed E-state index contributed by atoms with van der Waals surface area (Å²) in [5.74, 6) is 2.11. The molecule has 7 heteroatoms. The molecule has 34 heavy (non-hydrogen) atoms. The Morgan fingerprint density at radius 3 is 2.56 bits per heavy atom. The number of thiazole rings is 1. The van der Waals surface area contributed by atoms with Crippen LogP contribution >= 0.6 is 11.3 Å². The Morgan fingerprint density at radius 1 is 1.12 bits per heavy atom. The maximum absolute atomic E-state index is 12.8. The van der Waals surface area contributed by atoms with E-state index in [0.717, 1.165) is 35.3 Å². The molecule has 0 bridgehead atoms. The Bertz CT molecular complexity index is 1080. The zero-order chi connectivity index (χ0) is 23.9. The van der Waals surface area contributed by atoms with E-state index >= 15 is 0 Å². The van der Waals surface area contributed by atoms with Crippen molar-refractivity contribution < 1.29 is 14.3 Å². The number of nitrogens with zero attached hydrogens (tertiary/aromatic N) is 2. The van der Waals surface area contributed by atoms with Crippen LogP contribution in [0, 0.1) is 5.92 Å². The molecule has 1 N–H and O–H groups in total. The summed E-state index contributed by atoms with van der Waals surface area (Å²) in [6, 6.07) is 16.4. The lowest BCUT2D eigenvalue weighted by atomic mass is 9.95.